The quantitative estimate of drug-likeness (QED) is 0.882. The average Bonchev–Trinajstić information content (AvgIpc) is 2.40. The van der Waals surface area contributed by atoms with Crippen molar-refractivity contribution in [3.8, 4) is 0 Å². The molecular formula is C16H14O2. The van der Waals surface area contributed by atoms with Gasteiger partial charge in [-0.3, -0.25) is 0 Å². The SMILES string of the molecule is O=C(O)c1cccc(C=CCc2ccccc2)c1. The molecule has 2 aromatic carbocycles. The molecule has 0 amide bonds. The molecule has 0 spiro atoms. The monoisotopic (exact) mass is 238 g/mol. The van der Waals surface area contributed by atoms with Gasteiger partial charge >= 0.3 is 5.97 Å². The van der Waals surface area contributed by atoms with E-state index < -0.39 is 5.97 Å². The van der Waals surface area contributed by atoms with Crippen LogP contribution in [0.2, 0.25) is 0 Å². The molecule has 2 heteroatoms. The molecule has 0 radical (unpaired) electrons. The first kappa shape index (κ1) is 12.1. The minimum Gasteiger partial charge on any atom is -0.478 e. The van der Waals surface area contributed by atoms with Crippen LogP contribution in [0.25, 0.3) is 6.08 Å². The maximum absolute atomic E-state index is 10.8. The third-order valence-electron chi connectivity index (χ3n) is 2.64. The molecule has 0 aliphatic carbocycles. The summed E-state index contributed by atoms with van der Waals surface area (Å²) >= 11 is 0. The number of rotatable bonds is 4. The second-order valence-electron chi connectivity index (χ2n) is 4.02. The largest absolute Gasteiger partial charge is 0.478 e. The van der Waals surface area contributed by atoms with E-state index in [0.29, 0.717) is 5.56 Å². The van der Waals surface area contributed by atoms with Crippen molar-refractivity contribution < 1.29 is 9.90 Å². The summed E-state index contributed by atoms with van der Waals surface area (Å²) in [6, 6.07) is 17.1. The smallest absolute Gasteiger partial charge is 0.335 e. The van der Waals surface area contributed by atoms with E-state index in [1.54, 1.807) is 18.2 Å². The lowest BCUT2D eigenvalue weighted by Gasteiger charge is -1.97. The first-order valence-electron chi connectivity index (χ1n) is 5.79. The van der Waals surface area contributed by atoms with Gasteiger partial charge in [0.2, 0.25) is 0 Å². The van der Waals surface area contributed by atoms with Crippen LogP contribution in [0.1, 0.15) is 21.5 Å². The Morgan fingerprint density at radius 2 is 1.83 bits per heavy atom. The van der Waals surface area contributed by atoms with Gasteiger partial charge in [-0.2, -0.15) is 0 Å². The highest BCUT2D eigenvalue weighted by atomic mass is 16.4. The molecule has 0 bridgehead atoms. The summed E-state index contributed by atoms with van der Waals surface area (Å²) in [5, 5.41) is 8.89. The predicted octanol–water partition coefficient (Wildman–Crippen LogP) is 3.64. The molecule has 0 saturated carbocycles. The molecule has 18 heavy (non-hydrogen) atoms. The van der Waals surface area contributed by atoms with E-state index in [4.69, 9.17) is 5.11 Å². The van der Waals surface area contributed by atoms with Crippen LogP contribution in [0, 0.1) is 0 Å². The van der Waals surface area contributed by atoms with Crippen molar-refractivity contribution in [3.05, 3.63) is 77.4 Å². The van der Waals surface area contributed by atoms with Crippen molar-refractivity contribution in [1.82, 2.24) is 0 Å². The Bertz CT molecular complexity index is 556. The van der Waals surface area contributed by atoms with Gasteiger partial charge in [0.05, 0.1) is 5.56 Å². The maximum atomic E-state index is 10.8. The molecule has 2 aromatic rings. The lowest BCUT2D eigenvalue weighted by molar-refractivity contribution is 0.0697. The second kappa shape index (κ2) is 5.82. The summed E-state index contributed by atoms with van der Waals surface area (Å²) in [4.78, 5) is 10.8. The second-order valence-corrected chi connectivity index (χ2v) is 4.02. The zero-order valence-electron chi connectivity index (χ0n) is 9.91. The Labute approximate surface area is 106 Å². The van der Waals surface area contributed by atoms with E-state index in [1.165, 1.54) is 5.56 Å². The van der Waals surface area contributed by atoms with E-state index in [2.05, 4.69) is 12.1 Å². The van der Waals surface area contributed by atoms with Crippen molar-refractivity contribution in [1.29, 1.82) is 0 Å². The lowest BCUT2D eigenvalue weighted by Crippen LogP contribution is -1.95. The standard InChI is InChI=1S/C16H14O2/c17-16(18)15-11-5-10-14(12-15)9-4-8-13-6-2-1-3-7-13/h1-7,9-12H,8H2,(H,17,18). The van der Waals surface area contributed by atoms with Crippen LogP contribution in [0.4, 0.5) is 0 Å². The third kappa shape index (κ3) is 3.32. The first-order valence-corrected chi connectivity index (χ1v) is 5.79. The molecule has 0 heterocycles. The van der Waals surface area contributed by atoms with Gasteiger partial charge in [-0.05, 0) is 29.7 Å². The van der Waals surface area contributed by atoms with Crippen LogP contribution >= 0.6 is 0 Å². The van der Waals surface area contributed by atoms with Gasteiger partial charge in [0, 0.05) is 0 Å². The highest BCUT2D eigenvalue weighted by Gasteiger charge is 2.00. The molecule has 0 fully saturated rings. The van der Waals surface area contributed by atoms with Crippen LogP contribution in [0.15, 0.2) is 60.7 Å². The predicted molar refractivity (Wildman–Crippen MR) is 72.6 cm³/mol. The van der Waals surface area contributed by atoms with Crippen LogP contribution < -0.4 is 0 Å². The molecular weight excluding hydrogens is 224 g/mol. The van der Waals surface area contributed by atoms with Crippen LogP contribution in [-0.2, 0) is 6.42 Å². The summed E-state index contributed by atoms with van der Waals surface area (Å²) in [5.74, 6) is -0.895. The molecule has 0 aromatic heterocycles. The van der Waals surface area contributed by atoms with Crippen LogP contribution in [0.3, 0.4) is 0 Å². The number of allylic oxidation sites excluding steroid dienone is 1. The summed E-state index contributed by atoms with van der Waals surface area (Å²) in [6.45, 7) is 0. The van der Waals surface area contributed by atoms with E-state index in [9.17, 15) is 4.79 Å². The molecule has 0 saturated heterocycles. The fraction of sp³-hybridized carbons (Fsp3) is 0.0625. The Morgan fingerprint density at radius 1 is 1.06 bits per heavy atom. The van der Waals surface area contributed by atoms with Gasteiger partial charge in [-0.25, -0.2) is 4.79 Å². The summed E-state index contributed by atoms with van der Waals surface area (Å²) in [6.07, 6.45) is 4.83. The Hall–Kier alpha value is -2.35. The number of hydrogen-bond acceptors (Lipinski definition) is 1. The van der Waals surface area contributed by atoms with Crippen LogP contribution in [-0.4, -0.2) is 11.1 Å². The molecule has 2 rings (SSSR count). The normalized spacial score (nSPS) is 10.7. The Balaban J connectivity index is 2.05. The lowest BCUT2D eigenvalue weighted by atomic mass is 10.1. The minimum atomic E-state index is -0.895. The highest BCUT2D eigenvalue weighted by molar-refractivity contribution is 5.88. The molecule has 1 N–H and O–H groups in total. The Kier molecular flexibility index (Phi) is 3.92. The van der Waals surface area contributed by atoms with E-state index in [-0.39, 0.29) is 0 Å². The van der Waals surface area contributed by atoms with Crippen LogP contribution in [0.5, 0.6) is 0 Å². The van der Waals surface area contributed by atoms with Gasteiger partial charge < -0.3 is 5.11 Å². The number of carboxylic acid groups (broad SMARTS) is 1. The fourth-order valence-electron chi connectivity index (χ4n) is 1.72. The molecule has 0 atom stereocenters. The van der Waals surface area contributed by atoms with E-state index in [0.717, 1.165) is 12.0 Å². The van der Waals surface area contributed by atoms with Gasteiger partial charge in [-0.1, -0.05) is 54.6 Å². The van der Waals surface area contributed by atoms with Crippen molar-refractivity contribution in [3.63, 3.8) is 0 Å². The molecule has 0 aliphatic rings. The van der Waals surface area contributed by atoms with Gasteiger partial charge in [0.15, 0.2) is 0 Å². The summed E-state index contributed by atoms with van der Waals surface area (Å²) < 4.78 is 0. The van der Waals surface area contributed by atoms with Crippen molar-refractivity contribution in [2.75, 3.05) is 0 Å². The first-order chi connectivity index (χ1) is 8.75. The zero-order chi connectivity index (χ0) is 12.8. The maximum Gasteiger partial charge on any atom is 0.335 e. The van der Waals surface area contributed by atoms with Gasteiger partial charge in [0.1, 0.15) is 0 Å². The molecule has 0 aliphatic heterocycles. The van der Waals surface area contributed by atoms with Gasteiger partial charge in [-0.15, -0.1) is 0 Å². The van der Waals surface area contributed by atoms with Crippen molar-refractivity contribution in [2.45, 2.75) is 6.42 Å². The number of carboxylic acids is 1. The Morgan fingerprint density at radius 3 is 2.56 bits per heavy atom. The molecule has 0 unspecified atom stereocenters. The van der Waals surface area contributed by atoms with Gasteiger partial charge in [0.25, 0.3) is 0 Å². The van der Waals surface area contributed by atoms with Crippen molar-refractivity contribution in [2.24, 2.45) is 0 Å². The van der Waals surface area contributed by atoms with E-state index >= 15 is 0 Å². The van der Waals surface area contributed by atoms with E-state index in [1.807, 2.05) is 36.4 Å². The average molecular weight is 238 g/mol. The third-order valence-corrected chi connectivity index (χ3v) is 2.64. The fourth-order valence-corrected chi connectivity index (χ4v) is 1.72. The number of carbonyl (C=O) groups is 1. The number of aromatic carboxylic acids is 1. The summed E-state index contributed by atoms with van der Waals surface area (Å²) in [7, 11) is 0. The topological polar surface area (TPSA) is 37.3 Å². The summed E-state index contributed by atoms with van der Waals surface area (Å²) in [5.41, 5.74) is 2.46. The molecule has 90 valence electrons. The highest BCUT2D eigenvalue weighted by Crippen LogP contribution is 2.08. The number of hydrogen-bond donors (Lipinski definition) is 1. The zero-order valence-corrected chi connectivity index (χ0v) is 9.91. The van der Waals surface area contributed by atoms with Crippen molar-refractivity contribution >= 4 is 12.0 Å². The molecule has 2 nitrogen and oxygen atoms in total. The number of benzene rings is 2. The minimum absolute atomic E-state index is 0.317.